The third kappa shape index (κ3) is 10.3. The Labute approximate surface area is 320 Å². The highest BCUT2D eigenvalue weighted by Gasteiger charge is 2.29. The summed E-state index contributed by atoms with van der Waals surface area (Å²) in [5.41, 5.74) is 0.984. The number of hydrogen-bond donors (Lipinski definition) is 2. The minimum atomic E-state index is -1.32. The molecule has 0 bridgehead atoms. The first-order chi connectivity index (χ1) is 26.7. The maximum absolute atomic E-state index is 14.1. The van der Waals surface area contributed by atoms with Crippen LogP contribution in [0.2, 0.25) is 0 Å². The minimum absolute atomic E-state index is 0.0570. The van der Waals surface area contributed by atoms with E-state index in [0.29, 0.717) is 35.0 Å². The van der Waals surface area contributed by atoms with Gasteiger partial charge in [-0.1, -0.05) is 6.07 Å². The van der Waals surface area contributed by atoms with Gasteiger partial charge in [0.05, 0.1) is 14.2 Å². The standard InChI is InChI=1S/C42H38F4N4O6/c1-49(33-8-12-35(55-3)13-9-33)41(53)37(20-25-16-29(43)23-30(44)17-25)47-39(51)27-6-5-7-28(22-27)40(52)48-38(21-26-18-31(45)24-32(46)19-26)42(54)50(2)34-10-14-36(56-4)15-11-34/h5-19,22-24,37-38H,20-21H2,1-4H3,(H,47,51)(H,48,52)/t37-,38?/m0/s1. The summed E-state index contributed by atoms with van der Waals surface area (Å²) in [4.78, 5) is 57.6. The largest absolute Gasteiger partial charge is 0.497 e. The lowest BCUT2D eigenvalue weighted by atomic mass is 10.0. The topological polar surface area (TPSA) is 117 Å². The molecule has 1 unspecified atom stereocenters. The van der Waals surface area contributed by atoms with Gasteiger partial charge < -0.3 is 29.9 Å². The van der Waals surface area contributed by atoms with Crippen molar-refractivity contribution < 1.29 is 46.2 Å². The number of benzene rings is 5. The van der Waals surface area contributed by atoms with E-state index in [4.69, 9.17) is 9.47 Å². The summed E-state index contributed by atoms with van der Waals surface area (Å²) in [6.45, 7) is 0. The lowest BCUT2D eigenvalue weighted by molar-refractivity contribution is -0.120. The number of methoxy groups -OCH3 is 2. The molecule has 0 fully saturated rings. The third-order valence-electron chi connectivity index (χ3n) is 8.90. The van der Waals surface area contributed by atoms with E-state index in [-0.39, 0.29) is 35.1 Å². The van der Waals surface area contributed by atoms with Gasteiger partial charge in [-0.25, -0.2) is 17.6 Å². The summed E-state index contributed by atoms with van der Waals surface area (Å²) >= 11 is 0. The smallest absolute Gasteiger partial charge is 0.251 e. The second-order valence-electron chi connectivity index (χ2n) is 12.8. The lowest BCUT2D eigenvalue weighted by Gasteiger charge is -2.26. The van der Waals surface area contributed by atoms with E-state index < -0.39 is 59.0 Å². The van der Waals surface area contributed by atoms with Crippen molar-refractivity contribution in [1.82, 2.24) is 10.6 Å². The molecule has 0 aliphatic heterocycles. The van der Waals surface area contributed by atoms with Gasteiger partial charge in [0.2, 0.25) is 11.8 Å². The molecule has 0 saturated carbocycles. The predicted molar refractivity (Wildman–Crippen MR) is 202 cm³/mol. The summed E-state index contributed by atoms with van der Waals surface area (Å²) in [6.07, 6.45) is -0.571. The lowest BCUT2D eigenvalue weighted by Crippen LogP contribution is -2.49. The number of anilines is 2. The molecule has 5 aromatic rings. The van der Waals surface area contributed by atoms with E-state index >= 15 is 0 Å². The Kier molecular flexibility index (Phi) is 13.1. The van der Waals surface area contributed by atoms with Crippen LogP contribution >= 0.6 is 0 Å². The number of likely N-dealkylation sites (N-methyl/N-ethyl adjacent to an activating group) is 2. The highest BCUT2D eigenvalue weighted by molar-refractivity contribution is 6.05. The molecule has 2 atom stereocenters. The molecule has 4 amide bonds. The molecule has 0 saturated heterocycles. The zero-order chi connectivity index (χ0) is 40.5. The average molecular weight is 771 g/mol. The molecule has 0 aliphatic rings. The van der Waals surface area contributed by atoms with Crippen molar-refractivity contribution in [3.63, 3.8) is 0 Å². The predicted octanol–water partition coefficient (Wildman–Crippen LogP) is 6.27. The molecule has 5 aromatic carbocycles. The van der Waals surface area contributed by atoms with Gasteiger partial charge >= 0.3 is 0 Å². The number of nitrogens with zero attached hydrogens (tertiary/aromatic N) is 2. The maximum Gasteiger partial charge on any atom is 0.251 e. The Hall–Kier alpha value is -6.70. The molecule has 14 heteroatoms. The number of ether oxygens (including phenoxy) is 2. The fraction of sp³-hybridized carbons (Fsp3) is 0.190. The highest BCUT2D eigenvalue weighted by atomic mass is 19.1. The normalized spacial score (nSPS) is 11.9. The van der Waals surface area contributed by atoms with E-state index in [0.717, 1.165) is 24.3 Å². The van der Waals surface area contributed by atoms with E-state index in [9.17, 15) is 36.7 Å². The first-order valence-corrected chi connectivity index (χ1v) is 17.2. The van der Waals surface area contributed by atoms with Gasteiger partial charge in [-0.05, 0) is 102 Å². The Morgan fingerprint density at radius 1 is 0.536 bits per heavy atom. The first kappa shape index (κ1) is 40.5. The van der Waals surface area contributed by atoms with Gasteiger partial charge in [0.15, 0.2) is 0 Å². The Balaban J connectivity index is 1.39. The van der Waals surface area contributed by atoms with Crippen LogP contribution in [-0.2, 0) is 22.4 Å². The SMILES string of the molecule is COc1ccc(N(C)C(=O)C(Cc2cc(F)cc(F)c2)NC(=O)c2cccc(C(=O)N[C@@H](Cc3cc(F)cc(F)c3)C(=O)N(C)c3ccc(OC)cc3)c2)cc1. The van der Waals surface area contributed by atoms with Crippen LogP contribution in [0.1, 0.15) is 31.8 Å². The quantitative estimate of drug-likeness (QED) is 0.129. The highest BCUT2D eigenvalue weighted by Crippen LogP contribution is 2.22. The summed E-state index contributed by atoms with van der Waals surface area (Å²) in [5, 5.41) is 5.26. The van der Waals surface area contributed by atoms with Crippen molar-refractivity contribution in [2.24, 2.45) is 0 Å². The summed E-state index contributed by atoms with van der Waals surface area (Å²) in [6, 6.07) is 21.4. The number of carbonyl (C=O) groups excluding carboxylic acids is 4. The molecule has 290 valence electrons. The monoisotopic (exact) mass is 770 g/mol. The average Bonchev–Trinajstić information content (AvgIpc) is 3.18. The van der Waals surface area contributed by atoms with Crippen molar-refractivity contribution in [1.29, 1.82) is 0 Å². The molecule has 0 radical (unpaired) electrons. The molecule has 56 heavy (non-hydrogen) atoms. The number of halogens is 4. The van der Waals surface area contributed by atoms with Gasteiger partial charge in [0.1, 0.15) is 46.9 Å². The van der Waals surface area contributed by atoms with E-state index in [1.807, 2.05) is 0 Å². The molecular weight excluding hydrogens is 732 g/mol. The summed E-state index contributed by atoms with van der Waals surface area (Å²) in [7, 11) is 5.93. The van der Waals surface area contributed by atoms with Crippen LogP contribution < -0.4 is 29.9 Å². The third-order valence-corrected chi connectivity index (χ3v) is 8.90. The van der Waals surface area contributed by atoms with Crippen LogP contribution in [0.15, 0.2) is 109 Å². The zero-order valence-corrected chi connectivity index (χ0v) is 30.8. The number of hydrogen-bond acceptors (Lipinski definition) is 6. The molecule has 0 aliphatic carbocycles. The van der Waals surface area contributed by atoms with Crippen LogP contribution in [0.4, 0.5) is 28.9 Å². The first-order valence-electron chi connectivity index (χ1n) is 17.2. The van der Waals surface area contributed by atoms with Crippen molar-refractivity contribution in [3.8, 4) is 11.5 Å². The van der Waals surface area contributed by atoms with Gasteiger partial charge in [-0.15, -0.1) is 0 Å². The van der Waals surface area contributed by atoms with E-state index in [1.54, 1.807) is 48.5 Å². The van der Waals surface area contributed by atoms with Crippen LogP contribution in [-0.4, -0.2) is 64.0 Å². The summed E-state index contributed by atoms with van der Waals surface area (Å²) < 4.78 is 66.9. The second kappa shape index (κ2) is 18.1. The maximum atomic E-state index is 14.1. The second-order valence-corrected chi connectivity index (χ2v) is 12.8. The van der Waals surface area contributed by atoms with Gasteiger partial charge in [0, 0.05) is 61.6 Å². The van der Waals surface area contributed by atoms with E-state index in [1.165, 1.54) is 62.4 Å². The van der Waals surface area contributed by atoms with Crippen molar-refractivity contribution in [2.75, 3.05) is 38.1 Å². The molecule has 0 heterocycles. The minimum Gasteiger partial charge on any atom is -0.497 e. The molecule has 0 spiro atoms. The van der Waals surface area contributed by atoms with Gasteiger partial charge in [-0.3, -0.25) is 19.2 Å². The van der Waals surface area contributed by atoms with Gasteiger partial charge in [-0.2, -0.15) is 0 Å². The van der Waals surface area contributed by atoms with Crippen LogP contribution in [0, 0.1) is 23.3 Å². The number of nitrogens with one attached hydrogen (secondary N) is 2. The Bertz CT molecular complexity index is 2030. The zero-order valence-electron chi connectivity index (χ0n) is 30.8. The van der Waals surface area contributed by atoms with Crippen LogP contribution in [0.25, 0.3) is 0 Å². The van der Waals surface area contributed by atoms with Crippen molar-refractivity contribution in [3.05, 3.63) is 155 Å². The fourth-order valence-electron chi connectivity index (χ4n) is 5.95. The number of amides is 4. The molecular formula is C42H38F4N4O6. The number of carbonyl (C=O) groups is 4. The molecule has 0 aromatic heterocycles. The summed E-state index contributed by atoms with van der Waals surface area (Å²) in [5.74, 6) is -5.19. The Morgan fingerprint density at radius 3 is 1.20 bits per heavy atom. The van der Waals surface area contributed by atoms with E-state index in [2.05, 4.69) is 10.6 Å². The van der Waals surface area contributed by atoms with Gasteiger partial charge in [0.25, 0.3) is 11.8 Å². The van der Waals surface area contributed by atoms with Crippen LogP contribution in [0.5, 0.6) is 11.5 Å². The van der Waals surface area contributed by atoms with Crippen LogP contribution in [0.3, 0.4) is 0 Å². The van der Waals surface area contributed by atoms with Crippen molar-refractivity contribution in [2.45, 2.75) is 24.9 Å². The molecule has 10 nitrogen and oxygen atoms in total. The van der Waals surface area contributed by atoms with Crippen molar-refractivity contribution >= 4 is 35.0 Å². The molecule has 5 rings (SSSR count). The number of rotatable bonds is 14. The Morgan fingerprint density at radius 2 is 0.875 bits per heavy atom. The molecule has 2 N–H and O–H groups in total. The fourth-order valence-corrected chi connectivity index (χ4v) is 5.95.